The molecule has 0 saturated carbocycles. The first-order valence-corrected chi connectivity index (χ1v) is 11.9. The Morgan fingerprint density at radius 1 is 0.968 bits per heavy atom. The van der Waals surface area contributed by atoms with Gasteiger partial charge in [-0.05, 0) is 66.3 Å². The summed E-state index contributed by atoms with van der Waals surface area (Å²) < 4.78 is 46.0. The summed E-state index contributed by atoms with van der Waals surface area (Å²) in [5.74, 6) is -0.569. The van der Waals surface area contributed by atoms with E-state index in [9.17, 15) is 17.6 Å². The summed E-state index contributed by atoms with van der Waals surface area (Å²) in [6, 6.07) is 10.8. The minimum Gasteiger partial charge on any atom is -0.423 e. The molecule has 5 rings (SSSR count). The molecule has 6 nitrogen and oxygen atoms in total. The van der Waals surface area contributed by atoms with E-state index >= 15 is 0 Å². The molecular weight excluding hydrogens is 419 g/mol. The zero-order chi connectivity index (χ0) is 21.6. The van der Waals surface area contributed by atoms with Crippen molar-refractivity contribution in [1.29, 1.82) is 0 Å². The molecule has 0 N–H and O–H groups in total. The fourth-order valence-electron chi connectivity index (χ4n) is 4.57. The lowest BCUT2D eigenvalue weighted by molar-refractivity contribution is 0.182. The Morgan fingerprint density at radius 2 is 1.71 bits per heavy atom. The monoisotopic (exact) mass is 442 g/mol. The first kappa shape index (κ1) is 20.4. The van der Waals surface area contributed by atoms with Gasteiger partial charge in [0.25, 0.3) is 0 Å². The molecule has 1 aliphatic carbocycles. The quantitative estimate of drug-likeness (QED) is 0.581. The third kappa shape index (κ3) is 3.91. The van der Waals surface area contributed by atoms with Crippen LogP contribution in [0.5, 0.6) is 0 Å². The predicted octanol–water partition coefficient (Wildman–Crippen LogP) is 2.93. The van der Waals surface area contributed by atoms with Crippen LogP contribution in [0, 0.1) is 5.82 Å². The molecule has 0 spiro atoms. The van der Waals surface area contributed by atoms with Crippen molar-refractivity contribution in [1.82, 2.24) is 9.21 Å². The van der Waals surface area contributed by atoms with E-state index in [1.807, 2.05) is 6.07 Å². The lowest BCUT2D eigenvalue weighted by atomic mass is 10.0. The molecule has 1 aromatic heterocycles. The van der Waals surface area contributed by atoms with Crippen molar-refractivity contribution in [2.24, 2.45) is 0 Å². The number of fused-ring (bicyclic) bond motifs is 2. The summed E-state index contributed by atoms with van der Waals surface area (Å²) in [4.78, 5) is 14.2. The molecule has 0 bridgehead atoms. The van der Waals surface area contributed by atoms with Crippen LogP contribution in [0.25, 0.3) is 11.0 Å². The van der Waals surface area contributed by atoms with E-state index in [0.29, 0.717) is 38.3 Å². The van der Waals surface area contributed by atoms with Crippen LogP contribution in [0.15, 0.2) is 56.6 Å². The third-order valence-corrected chi connectivity index (χ3v) is 8.10. The Bertz CT molecular complexity index is 1310. The van der Waals surface area contributed by atoms with Crippen LogP contribution in [0.1, 0.15) is 23.1 Å². The van der Waals surface area contributed by atoms with Gasteiger partial charge in [0, 0.05) is 44.2 Å². The molecule has 2 aromatic carbocycles. The third-order valence-electron chi connectivity index (χ3n) is 6.20. The summed E-state index contributed by atoms with van der Waals surface area (Å²) in [6.45, 7) is 2.23. The molecule has 1 aliphatic heterocycles. The van der Waals surface area contributed by atoms with Crippen molar-refractivity contribution in [3.63, 3.8) is 0 Å². The number of rotatable bonds is 4. The highest BCUT2D eigenvalue weighted by molar-refractivity contribution is 7.89. The van der Waals surface area contributed by atoms with E-state index in [-0.39, 0.29) is 10.5 Å². The van der Waals surface area contributed by atoms with Crippen molar-refractivity contribution < 1.29 is 17.2 Å². The average molecular weight is 443 g/mol. The maximum atomic E-state index is 13.5. The fraction of sp³-hybridized carbons (Fsp3) is 0.348. The molecule has 0 amide bonds. The summed E-state index contributed by atoms with van der Waals surface area (Å²) >= 11 is 0. The van der Waals surface area contributed by atoms with Gasteiger partial charge in [-0.3, -0.25) is 4.90 Å². The molecule has 1 saturated heterocycles. The standard InChI is InChI=1S/C23H23FN2O4S/c24-19-5-2-6-20(14-19)31(28,29)26-9-7-25(8-10-26)15-18-13-23(27)30-22-12-17-4-1-3-16(17)11-21(18)22/h2,5-6,11-14H,1,3-4,7-10,15H2. The maximum Gasteiger partial charge on any atom is 0.336 e. The van der Waals surface area contributed by atoms with E-state index in [2.05, 4.69) is 11.0 Å². The van der Waals surface area contributed by atoms with Crippen molar-refractivity contribution in [3.8, 4) is 0 Å². The number of sulfonamides is 1. The van der Waals surface area contributed by atoms with Crippen molar-refractivity contribution >= 4 is 21.0 Å². The molecule has 0 atom stereocenters. The number of hydrogen-bond acceptors (Lipinski definition) is 5. The van der Waals surface area contributed by atoms with Crippen molar-refractivity contribution in [2.75, 3.05) is 26.2 Å². The maximum absolute atomic E-state index is 13.5. The first-order chi connectivity index (χ1) is 14.9. The van der Waals surface area contributed by atoms with E-state index in [1.54, 1.807) is 6.07 Å². The average Bonchev–Trinajstić information content (AvgIpc) is 3.20. The van der Waals surface area contributed by atoms with Gasteiger partial charge in [0.2, 0.25) is 10.0 Å². The summed E-state index contributed by atoms with van der Waals surface area (Å²) in [7, 11) is -3.73. The Kier molecular flexibility index (Phi) is 5.16. The van der Waals surface area contributed by atoms with E-state index < -0.39 is 15.8 Å². The zero-order valence-corrected chi connectivity index (χ0v) is 17.8. The topological polar surface area (TPSA) is 70.8 Å². The highest BCUT2D eigenvalue weighted by Crippen LogP contribution is 2.29. The number of piperazine rings is 1. The molecule has 1 fully saturated rings. The highest BCUT2D eigenvalue weighted by Gasteiger charge is 2.29. The predicted molar refractivity (Wildman–Crippen MR) is 115 cm³/mol. The smallest absolute Gasteiger partial charge is 0.336 e. The van der Waals surface area contributed by atoms with Gasteiger partial charge in [0.15, 0.2) is 0 Å². The summed E-state index contributed by atoms with van der Waals surface area (Å²) in [5.41, 5.74) is 3.73. The van der Waals surface area contributed by atoms with Crippen LogP contribution in [0.3, 0.4) is 0 Å². The number of nitrogens with zero attached hydrogens (tertiary/aromatic N) is 2. The van der Waals surface area contributed by atoms with Crippen LogP contribution in [0.4, 0.5) is 4.39 Å². The van der Waals surface area contributed by atoms with Crippen LogP contribution in [0.2, 0.25) is 0 Å². The molecular formula is C23H23FN2O4S. The molecule has 2 heterocycles. The Balaban J connectivity index is 1.34. The Morgan fingerprint density at radius 3 is 2.45 bits per heavy atom. The SMILES string of the molecule is O=c1cc(CN2CCN(S(=O)(=O)c3cccc(F)c3)CC2)c2cc3c(cc2o1)CCC3. The minimum absolute atomic E-state index is 0.0264. The molecule has 162 valence electrons. The van der Waals surface area contributed by atoms with Crippen molar-refractivity contribution in [3.05, 3.63) is 75.4 Å². The zero-order valence-electron chi connectivity index (χ0n) is 17.0. The second kappa shape index (κ2) is 7.85. The normalized spacial score (nSPS) is 17.8. The van der Waals surface area contributed by atoms with E-state index in [1.165, 1.54) is 33.6 Å². The summed E-state index contributed by atoms with van der Waals surface area (Å²) in [5, 5.41) is 0.954. The van der Waals surface area contributed by atoms with Crippen molar-refractivity contribution in [2.45, 2.75) is 30.7 Å². The Hall–Kier alpha value is -2.55. The van der Waals surface area contributed by atoms with Gasteiger partial charge >= 0.3 is 5.63 Å². The lowest BCUT2D eigenvalue weighted by Crippen LogP contribution is -2.48. The van der Waals surface area contributed by atoms with Gasteiger partial charge in [0.1, 0.15) is 11.4 Å². The molecule has 0 unspecified atom stereocenters. The van der Waals surface area contributed by atoms with E-state index in [4.69, 9.17) is 4.42 Å². The highest BCUT2D eigenvalue weighted by atomic mass is 32.2. The van der Waals surface area contributed by atoms with E-state index in [0.717, 1.165) is 36.3 Å². The molecule has 31 heavy (non-hydrogen) atoms. The van der Waals surface area contributed by atoms with Gasteiger partial charge in [-0.25, -0.2) is 17.6 Å². The molecule has 0 radical (unpaired) electrons. The van der Waals surface area contributed by atoms with Crippen LogP contribution in [-0.4, -0.2) is 43.8 Å². The number of halogens is 1. The summed E-state index contributed by atoms with van der Waals surface area (Å²) in [6.07, 6.45) is 3.17. The fourth-order valence-corrected chi connectivity index (χ4v) is 6.03. The van der Waals surface area contributed by atoms with Gasteiger partial charge in [-0.2, -0.15) is 4.31 Å². The Labute approximate surface area is 179 Å². The lowest BCUT2D eigenvalue weighted by Gasteiger charge is -2.34. The van der Waals surface area contributed by atoms with Gasteiger partial charge in [-0.15, -0.1) is 0 Å². The van der Waals surface area contributed by atoms with Crippen LogP contribution < -0.4 is 5.63 Å². The first-order valence-electron chi connectivity index (χ1n) is 10.5. The number of hydrogen-bond donors (Lipinski definition) is 0. The van der Waals surface area contributed by atoms with Crippen LogP contribution in [-0.2, 0) is 29.4 Å². The van der Waals surface area contributed by atoms with Gasteiger partial charge < -0.3 is 4.42 Å². The molecule has 3 aromatic rings. The minimum atomic E-state index is -3.73. The van der Waals surface area contributed by atoms with Gasteiger partial charge in [0.05, 0.1) is 4.90 Å². The van der Waals surface area contributed by atoms with Gasteiger partial charge in [-0.1, -0.05) is 6.07 Å². The number of benzene rings is 2. The second-order valence-corrected chi connectivity index (χ2v) is 10.1. The van der Waals surface area contributed by atoms with Crippen LogP contribution >= 0.6 is 0 Å². The molecule has 8 heteroatoms. The molecule has 2 aliphatic rings. The largest absolute Gasteiger partial charge is 0.423 e. The second-order valence-electron chi connectivity index (χ2n) is 8.20. The number of aryl methyl sites for hydroxylation is 2.